The summed E-state index contributed by atoms with van der Waals surface area (Å²) in [5, 5.41) is 17.7. The zero-order valence-electron chi connectivity index (χ0n) is 15.4. The molecule has 0 aliphatic carbocycles. The highest BCUT2D eigenvalue weighted by molar-refractivity contribution is 5.97. The molecule has 4 rings (SSSR count). The van der Waals surface area contributed by atoms with Gasteiger partial charge in [-0.15, -0.1) is 5.10 Å². The molecule has 1 aliphatic rings. The van der Waals surface area contributed by atoms with Crippen LogP contribution >= 0.6 is 0 Å². The van der Waals surface area contributed by atoms with Crippen LogP contribution in [0.3, 0.4) is 0 Å². The molecule has 3 aromatic rings. The highest BCUT2D eigenvalue weighted by Gasteiger charge is 2.20. The fourth-order valence-electron chi connectivity index (χ4n) is 3.28. The fraction of sp³-hybridized carbons (Fsp3) is 0.250. The molecular weight excluding hydrogens is 356 g/mol. The van der Waals surface area contributed by atoms with Crippen molar-refractivity contribution in [2.45, 2.75) is 32.2 Å². The number of hydrogen-bond acceptors (Lipinski definition) is 5. The Balaban J connectivity index is 1.53. The standard InChI is InChI=1S/C20H20N6O2/c1-13(19-23-24-25-26(19)16-7-3-2-4-8-16)21-20(28)15-10-11-17-14(12-15)6-5-9-18(27)22-17/h2-4,7-8,10-13H,5-6,9H2,1H3,(H,21,28)(H,22,27). The number of nitrogens with one attached hydrogen (secondary N) is 2. The van der Waals surface area contributed by atoms with E-state index in [0.717, 1.165) is 29.8 Å². The van der Waals surface area contributed by atoms with Gasteiger partial charge in [-0.3, -0.25) is 9.59 Å². The molecule has 0 saturated carbocycles. The number of benzene rings is 2. The van der Waals surface area contributed by atoms with Gasteiger partial charge in [0.2, 0.25) is 5.91 Å². The SMILES string of the molecule is CC(NC(=O)c1ccc2c(c1)CCCC(=O)N2)c1nnnn1-c1ccccc1. The van der Waals surface area contributed by atoms with Crippen molar-refractivity contribution in [3.05, 3.63) is 65.5 Å². The lowest BCUT2D eigenvalue weighted by Gasteiger charge is -2.15. The summed E-state index contributed by atoms with van der Waals surface area (Å²) in [7, 11) is 0. The second kappa shape index (κ2) is 7.59. The number of anilines is 1. The number of amides is 2. The first-order valence-corrected chi connectivity index (χ1v) is 9.19. The van der Waals surface area contributed by atoms with Crippen LogP contribution in [0, 0.1) is 0 Å². The third kappa shape index (κ3) is 3.62. The fourth-order valence-corrected chi connectivity index (χ4v) is 3.28. The van der Waals surface area contributed by atoms with Crippen molar-refractivity contribution in [3.63, 3.8) is 0 Å². The molecule has 2 N–H and O–H groups in total. The van der Waals surface area contributed by atoms with Gasteiger partial charge in [0, 0.05) is 17.7 Å². The monoisotopic (exact) mass is 376 g/mol. The Kier molecular flexibility index (Phi) is 4.84. The van der Waals surface area contributed by atoms with Crippen molar-refractivity contribution in [1.82, 2.24) is 25.5 Å². The number of para-hydroxylation sites is 1. The van der Waals surface area contributed by atoms with Crippen LogP contribution in [0.2, 0.25) is 0 Å². The van der Waals surface area contributed by atoms with Gasteiger partial charge in [-0.05, 0) is 66.1 Å². The van der Waals surface area contributed by atoms with Gasteiger partial charge in [0.15, 0.2) is 5.82 Å². The molecule has 0 saturated heterocycles. The lowest BCUT2D eigenvalue weighted by molar-refractivity contribution is -0.116. The quantitative estimate of drug-likeness (QED) is 0.728. The van der Waals surface area contributed by atoms with Crippen LogP contribution in [0.5, 0.6) is 0 Å². The Labute approximate surface area is 162 Å². The number of carbonyl (C=O) groups excluding carboxylic acids is 2. The van der Waals surface area contributed by atoms with E-state index in [9.17, 15) is 9.59 Å². The maximum Gasteiger partial charge on any atom is 0.251 e. The predicted molar refractivity (Wildman–Crippen MR) is 103 cm³/mol. The smallest absolute Gasteiger partial charge is 0.251 e. The molecule has 1 aliphatic heterocycles. The van der Waals surface area contributed by atoms with Gasteiger partial charge >= 0.3 is 0 Å². The minimum absolute atomic E-state index is 0.0114. The van der Waals surface area contributed by atoms with Gasteiger partial charge in [-0.1, -0.05) is 18.2 Å². The maximum atomic E-state index is 12.8. The normalized spacial score (nSPS) is 14.5. The van der Waals surface area contributed by atoms with E-state index in [1.54, 1.807) is 16.8 Å². The number of rotatable bonds is 4. The number of tetrazole rings is 1. The summed E-state index contributed by atoms with van der Waals surface area (Å²) in [6.07, 6.45) is 2.03. The molecule has 1 atom stereocenters. The first-order chi connectivity index (χ1) is 13.6. The highest BCUT2D eigenvalue weighted by atomic mass is 16.2. The molecule has 2 amide bonds. The van der Waals surface area contributed by atoms with Gasteiger partial charge in [-0.2, -0.15) is 4.68 Å². The highest BCUT2D eigenvalue weighted by Crippen LogP contribution is 2.23. The van der Waals surface area contributed by atoms with Crippen LogP contribution in [-0.4, -0.2) is 32.0 Å². The Morgan fingerprint density at radius 3 is 2.82 bits per heavy atom. The predicted octanol–water partition coefficient (Wildman–Crippen LogP) is 2.43. The molecule has 2 heterocycles. The molecule has 8 nitrogen and oxygen atoms in total. The van der Waals surface area contributed by atoms with E-state index in [4.69, 9.17) is 0 Å². The van der Waals surface area contributed by atoms with E-state index in [1.807, 2.05) is 43.3 Å². The number of fused-ring (bicyclic) bond motifs is 1. The Morgan fingerprint density at radius 2 is 2.00 bits per heavy atom. The van der Waals surface area contributed by atoms with Crippen LogP contribution in [0.15, 0.2) is 48.5 Å². The van der Waals surface area contributed by atoms with Crippen molar-refractivity contribution in [2.75, 3.05) is 5.32 Å². The molecule has 0 spiro atoms. The number of hydrogen-bond donors (Lipinski definition) is 2. The molecule has 0 fully saturated rings. The molecule has 0 bridgehead atoms. The molecule has 0 radical (unpaired) electrons. The van der Waals surface area contributed by atoms with E-state index < -0.39 is 0 Å². The van der Waals surface area contributed by atoms with Crippen molar-refractivity contribution < 1.29 is 9.59 Å². The average Bonchev–Trinajstić information content (AvgIpc) is 3.12. The molecular formula is C20H20N6O2. The Morgan fingerprint density at radius 1 is 1.18 bits per heavy atom. The van der Waals surface area contributed by atoms with Gasteiger partial charge in [-0.25, -0.2) is 0 Å². The van der Waals surface area contributed by atoms with Crippen LogP contribution in [0.25, 0.3) is 5.69 Å². The summed E-state index contributed by atoms with van der Waals surface area (Å²) >= 11 is 0. The minimum atomic E-state index is -0.388. The van der Waals surface area contributed by atoms with Gasteiger partial charge in [0.25, 0.3) is 5.91 Å². The summed E-state index contributed by atoms with van der Waals surface area (Å²) in [4.78, 5) is 24.4. The van der Waals surface area contributed by atoms with Crippen LogP contribution in [0.4, 0.5) is 5.69 Å². The third-order valence-corrected chi connectivity index (χ3v) is 4.72. The first-order valence-electron chi connectivity index (χ1n) is 9.19. The number of aromatic nitrogens is 4. The van der Waals surface area contributed by atoms with Crippen LogP contribution < -0.4 is 10.6 Å². The topological polar surface area (TPSA) is 102 Å². The molecule has 28 heavy (non-hydrogen) atoms. The molecule has 2 aromatic carbocycles. The van der Waals surface area contributed by atoms with Crippen LogP contribution in [0.1, 0.15) is 47.6 Å². The largest absolute Gasteiger partial charge is 0.342 e. The zero-order chi connectivity index (χ0) is 19.5. The van der Waals surface area contributed by atoms with Crippen molar-refractivity contribution in [3.8, 4) is 5.69 Å². The van der Waals surface area contributed by atoms with Gasteiger partial charge in [0.05, 0.1) is 11.7 Å². The van der Waals surface area contributed by atoms with Crippen molar-refractivity contribution in [1.29, 1.82) is 0 Å². The third-order valence-electron chi connectivity index (χ3n) is 4.72. The second-order valence-electron chi connectivity index (χ2n) is 6.75. The molecule has 8 heteroatoms. The molecule has 1 unspecified atom stereocenters. The molecule has 1 aromatic heterocycles. The van der Waals surface area contributed by atoms with E-state index in [-0.39, 0.29) is 17.9 Å². The lowest BCUT2D eigenvalue weighted by atomic mass is 10.0. The van der Waals surface area contributed by atoms with Crippen LogP contribution in [-0.2, 0) is 11.2 Å². The van der Waals surface area contributed by atoms with E-state index >= 15 is 0 Å². The summed E-state index contributed by atoms with van der Waals surface area (Å²) < 4.78 is 1.61. The van der Waals surface area contributed by atoms with Crippen molar-refractivity contribution in [2.24, 2.45) is 0 Å². The van der Waals surface area contributed by atoms with E-state index in [2.05, 4.69) is 26.2 Å². The summed E-state index contributed by atoms with van der Waals surface area (Å²) in [5.74, 6) is 0.340. The molecule has 142 valence electrons. The van der Waals surface area contributed by atoms with Gasteiger partial charge < -0.3 is 10.6 Å². The van der Waals surface area contributed by atoms with E-state index in [1.165, 1.54) is 0 Å². The number of nitrogens with zero attached hydrogens (tertiary/aromatic N) is 4. The van der Waals surface area contributed by atoms with Gasteiger partial charge in [0.1, 0.15) is 0 Å². The zero-order valence-corrected chi connectivity index (χ0v) is 15.4. The summed E-state index contributed by atoms with van der Waals surface area (Å²) in [5.41, 5.74) is 3.12. The number of aryl methyl sites for hydroxylation is 1. The first kappa shape index (κ1) is 17.8. The lowest BCUT2D eigenvalue weighted by Crippen LogP contribution is -2.28. The van der Waals surface area contributed by atoms with Crippen molar-refractivity contribution >= 4 is 17.5 Å². The average molecular weight is 376 g/mol. The minimum Gasteiger partial charge on any atom is -0.342 e. The Hall–Kier alpha value is -3.55. The number of carbonyl (C=O) groups is 2. The second-order valence-corrected chi connectivity index (χ2v) is 6.75. The summed E-state index contributed by atoms with van der Waals surface area (Å²) in [6.45, 7) is 1.84. The van der Waals surface area contributed by atoms with E-state index in [0.29, 0.717) is 17.8 Å². The summed E-state index contributed by atoms with van der Waals surface area (Å²) in [6, 6.07) is 14.5. The maximum absolute atomic E-state index is 12.8. The Bertz CT molecular complexity index is 1010.